The van der Waals surface area contributed by atoms with Gasteiger partial charge < -0.3 is 19.8 Å². The predicted molar refractivity (Wildman–Crippen MR) is 83.6 cm³/mol. The molecule has 1 saturated heterocycles. The zero-order valence-electron chi connectivity index (χ0n) is 12.1. The van der Waals surface area contributed by atoms with E-state index in [1.165, 1.54) is 6.92 Å². The zero-order valence-corrected chi connectivity index (χ0v) is 12.9. The fourth-order valence-electron chi connectivity index (χ4n) is 2.24. The maximum Gasteiger partial charge on any atom is 0.185 e. The van der Waals surface area contributed by atoms with Crippen molar-refractivity contribution < 1.29 is 19.7 Å². The Bertz CT molecular complexity index is 476. The van der Waals surface area contributed by atoms with Gasteiger partial charge in [-0.3, -0.25) is 4.79 Å². The van der Waals surface area contributed by atoms with Crippen LogP contribution in [0.2, 0.25) is 0 Å². The van der Waals surface area contributed by atoms with Crippen LogP contribution in [0, 0.1) is 0 Å². The first kappa shape index (κ1) is 16.3. The minimum Gasteiger partial charge on any atom is -0.389 e. The molecular weight excluding hydrogens is 290 g/mol. The third kappa shape index (κ3) is 4.71. The molecule has 1 aliphatic heterocycles. The number of aliphatic hydroxyl groups excluding tert-OH is 2. The lowest BCUT2D eigenvalue weighted by Crippen LogP contribution is -2.36. The van der Waals surface area contributed by atoms with Crippen LogP contribution in [0.5, 0.6) is 0 Å². The number of carbonyl (C=O) groups excluding carboxylic acids is 1. The molecule has 1 aromatic rings. The van der Waals surface area contributed by atoms with Crippen LogP contribution < -0.4 is 4.90 Å². The first-order chi connectivity index (χ1) is 10.1. The van der Waals surface area contributed by atoms with Crippen molar-refractivity contribution in [3.63, 3.8) is 0 Å². The molecule has 2 rings (SSSR count). The van der Waals surface area contributed by atoms with Crippen LogP contribution in [0.25, 0.3) is 0 Å². The van der Waals surface area contributed by atoms with Crippen LogP contribution in [-0.2, 0) is 9.53 Å². The summed E-state index contributed by atoms with van der Waals surface area (Å²) in [6, 6.07) is 7.53. The molecule has 0 saturated carbocycles. The predicted octanol–water partition coefficient (Wildman–Crippen LogP) is 1.20. The van der Waals surface area contributed by atoms with Crippen molar-refractivity contribution in [2.45, 2.75) is 19.1 Å². The number of hydrogen-bond acceptors (Lipinski definition) is 6. The minimum atomic E-state index is -0.988. The fraction of sp³-hybridized carbons (Fsp3) is 0.533. The summed E-state index contributed by atoms with van der Waals surface area (Å²) in [6.45, 7) is 4.49. The van der Waals surface area contributed by atoms with Gasteiger partial charge in [0.15, 0.2) is 5.12 Å². The molecule has 2 N–H and O–H groups in total. The Morgan fingerprint density at radius 1 is 1.38 bits per heavy atom. The average Bonchev–Trinajstić information content (AvgIpc) is 2.52. The van der Waals surface area contributed by atoms with E-state index in [1.807, 2.05) is 18.2 Å². The first-order valence-electron chi connectivity index (χ1n) is 7.00. The van der Waals surface area contributed by atoms with Crippen molar-refractivity contribution >= 4 is 22.6 Å². The molecule has 2 atom stereocenters. The summed E-state index contributed by atoms with van der Waals surface area (Å²) in [6.07, 6.45) is -1.95. The Labute approximate surface area is 128 Å². The smallest absolute Gasteiger partial charge is 0.185 e. The van der Waals surface area contributed by atoms with E-state index in [0.29, 0.717) is 18.8 Å². The summed E-state index contributed by atoms with van der Waals surface area (Å²) >= 11 is 1.02. The maximum atomic E-state index is 10.9. The molecule has 5 nitrogen and oxygen atoms in total. The number of benzene rings is 1. The monoisotopic (exact) mass is 311 g/mol. The lowest BCUT2D eigenvalue weighted by Gasteiger charge is -2.29. The Hall–Kier alpha value is -1.08. The molecule has 2 unspecified atom stereocenters. The largest absolute Gasteiger partial charge is 0.389 e. The Kier molecular flexibility index (Phi) is 6.05. The molecule has 1 fully saturated rings. The molecule has 116 valence electrons. The number of hydrogen-bond donors (Lipinski definition) is 2. The second-order valence-corrected chi connectivity index (χ2v) is 6.21. The van der Waals surface area contributed by atoms with Crippen LogP contribution in [0.3, 0.4) is 0 Å². The van der Waals surface area contributed by atoms with E-state index in [9.17, 15) is 15.0 Å². The van der Waals surface area contributed by atoms with Gasteiger partial charge >= 0.3 is 0 Å². The van der Waals surface area contributed by atoms with Crippen molar-refractivity contribution in [3.05, 3.63) is 29.8 Å². The minimum absolute atomic E-state index is 0.0664. The Morgan fingerprint density at radius 3 is 2.76 bits per heavy atom. The van der Waals surface area contributed by atoms with Crippen molar-refractivity contribution in [2.75, 3.05) is 37.0 Å². The van der Waals surface area contributed by atoms with E-state index in [4.69, 9.17) is 4.74 Å². The van der Waals surface area contributed by atoms with Gasteiger partial charge in [-0.2, -0.15) is 0 Å². The van der Waals surface area contributed by atoms with Gasteiger partial charge in [0.2, 0.25) is 0 Å². The second-order valence-electron chi connectivity index (χ2n) is 5.01. The number of rotatable bonds is 5. The van der Waals surface area contributed by atoms with E-state index >= 15 is 0 Å². The third-order valence-electron chi connectivity index (χ3n) is 3.41. The number of carbonyl (C=O) groups is 1. The fourth-order valence-corrected chi connectivity index (χ4v) is 2.83. The number of nitrogens with zero attached hydrogens (tertiary/aromatic N) is 1. The standard InChI is InChI=1S/C15H21NO4S/c1-11(17)21-10-14(18)15(19)12-3-2-4-13(9-12)16-5-7-20-8-6-16/h2-4,9,14-15,18-19H,5-8,10H2,1H3. The summed E-state index contributed by atoms with van der Waals surface area (Å²) in [4.78, 5) is 13.1. The number of ether oxygens (including phenoxy) is 1. The second kappa shape index (κ2) is 7.79. The van der Waals surface area contributed by atoms with Crippen LogP contribution in [0.15, 0.2) is 24.3 Å². The van der Waals surface area contributed by atoms with Gasteiger partial charge in [-0.05, 0) is 17.7 Å². The van der Waals surface area contributed by atoms with E-state index in [2.05, 4.69) is 4.90 Å². The van der Waals surface area contributed by atoms with Crippen LogP contribution in [-0.4, -0.2) is 53.5 Å². The molecular formula is C15H21NO4S. The lowest BCUT2D eigenvalue weighted by molar-refractivity contribution is -0.109. The van der Waals surface area contributed by atoms with E-state index in [-0.39, 0.29) is 10.9 Å². The molecule has 0 bridgehead atoms. The van der Waals surface area contributed by atoms with E-state index in [0.717, 1.165) is 30.5 Å². The average molecular weight is 311 g/mol. The number of anilines is 1. The molecule has 0 spiro atoms. The number of morpholine rings is 1. The van der Waals surface area contributed by atoms with Crippen molar-refractivity contribution in [3.8, 4) is 0 Å². The molecule has 0 amide bonds. The maximum absolute atomic E-state index is 10.9. The van der Waals surface area contributed by atoms with E-state index < -0.39 is 12.2 Å². The quantitative estimate of drug-likeness (QED) is 0.851. The van der Waals surface area contributed by atoms with Crippen LogP contribution in [0.4, 0.5) is 5.69 Å². The summed E-state index contributed by atoms with van der Waals surface area (Å²) in [5, 5.41) is 20.1. The SMILES string of the molecule is CC(=O)SCC(O)C(O)c1cccc(N2CCOCC2)c1. The molecule has 1 heterocycles. The van der Waals surface area contributed by atoms with Crippen LogP contribution >= 0.6 is 11.8 Å². The molecule has 0 aliphatic carbocycles. The highest BCUT2D eigenvalue weighted by molar-refractivity contribution is 8.13. The number of aliphatic hydroxyl groups is 2. The van der Waals surface area contributed by atoms with Crippen molar-refractivity contribution in [1.82, 2.24) is 0 Å². The third-order valence-corrected chi connectivity index (χ3v) is 4.32. The molecule has 1 aliphatic rings. The zero-order chi connectivity index (χ0) is 15.2. The van der Waals surface area contributed by atoms with Gasteiger partial charge in [-0.1, -0.05) is 23.9 Å². The molecule has 0 aromatic heterocycles. The van der Waals surface area contributed by atoms with Crippen molar-refractivity contribution in [1.29, 1.82) is 0 Å². The van der Waals surface area contributed by atoms with E-state index in [1.54, 1.807) is 6.07 Å². The highest BCUT2D eigenvalue weighted by atomic mass is 32.2. The van der Waals surface area contributed by atoms with Gasteiger partial charge in [0.1, 0.15) is 6.10 Å². The number of thioether (sulfide) groups is 1. The normalized spacial score (nSPS) is 18.3. The molecule has 0 radical (unpaired) electrons. The molecule has 21 heavy (non-hydrogen) atoms. The summed E-state index contributed by atoms with van der Waals surface area (Å²) < 4.78 is 5.33. The topological polar surface area (TPSA) is 70.0 Å². The molecule has 6 heteroatoms. The summed E-state index contributed by atoms with van der Waals surface area (Å²) in [5.41, 5.74) is 1.68. The van der Waals surface area contributed by atoms with Crippen molar-refractivity contribution in [2.24, 2.45) is 0 Å². The van der Waals surface area contributed by atoms with Gasteiger partial charge in [0, 0.05) is 31.5 Å². The summed E-state index contributed by atoms with van der Waals surface area (Å²) in [5.74, 6) is 0.193. The van der Waals surface area contributed by atoms with Gasteiger partial charge in [0.05, 0.1) is 19.3 Å². The first-order valence-corrected chi connectivity index (χ1v) is 7.98. The van der Waals surface area contributed by atoms with Gasteiger partial charge in [-0.15, -0.1) is 0 Å². The summed E-state index contributed by atoms with van der Waals surface area (Å²) in [7, 11) is 0. The lowest BCUT2D eigenvalue weighted by atomic mass is 10.0. The highest BCUT2D eigenvalue weighted by Gasteiger charge is 2.20. The highest BCUT2D eigenvalue weighted by Crippen LogP contribution is 2.25. The van der Waals surface area contributed by atoms with Gasteiger partial charge in [0.25, 0.3) is 0 Å². The van der Waals surface area contributed by atoms with Crippen LogP contribution in [0.1, 0.15) is 18.6 Å². The Morgan fingerprint density at radius 2 is 2.10 bits per heavy atom. The van der Waals surface area contributed by atoms with Gasteiger partial charge in [-0.25, -0.2) is 0 Å². The Balaban J connectivity index is 2.03. The molecule has 1 aromatic carbocycles.